The Labute approximate surface area is 166 Å². The highest BCUT2D eigenvalue weighted by Crippen LogP contribution is 2.23. The summed E-state index contributed by atoms with van der Waals surface area (Å²) in [5.41, 5.74) is 1.52. The minimum absolute atomic E-state index is 0.195. The number of amides is 1. The quantitative estimate of drug-likeness (QED) is 0.609. The van der Waals surface area contributed by atoms with Crippen LogP contribution in [-0.2, 0) is 27.3 Å². The topological polar surface area (TPSA) is 99.0 Å². The normalized spacial score (nSPS) is 11.6. The summed E-state index contributed by atoms with van der Waals surface area (Å²) in [5, 5.41) is 15.1. The van der Waals surface area contributed by atoms with Crippen LogP contribution in [-0.4, -0.2) is 45.2 Å². The molecular formula is C19H18ClN5O3. The highest BCUT2D eigenvalue weighted by Gasteiger charge is 2.22. The Morgan fingerprint density at radius 1 is 1.14 bits per heavy atom. The Kier molecular flexibility index (Phi) is 6.33. The number of aromatic nitrogens is 4. The highest BCUT2D eigenvalue weighted by molar-refractivity contribution is 6.33. The van der Waals surface area contributed by atoms with Crippen LogP contribution >= 0.6 is 11.6 Å². The number of nitrogens with zero attached hydrogens (tertiary/aromatic N) is 4. The van der Waals surface area contributed by atoms with E-state index in [-0.39, 0.29) is 6.54 Å². The summed E-state index contributed by atoms with van der Waals surface area (Å²) in [4.78, 5) is 25.5. The molecule has 9 heteroatoms. The first-order valence-electron chi connectivity index (χ1n) is 8.50. The lowest BCUT2D eigenvalue weighted by molar-refractivity contribution is -0.145. The first kappa shape index (κ1) is 19.5. The van der Waals surface area contributed by atoms with E-state index in [0.717, 1.165) is 10.4 Å². The van der Waals surface area contributed by atoms with Crippen molar-refractivity contribution < 1.29 is 14.3 Å². The lowest BCUT2D eigenvalue weighted by Crippen LogP contribution is -2.44. The van der Waals surface area contributed by atoms with Gasteiger partial charge < -0.3 is 10.1 Å². The van der Waals surface area contributed by atoms with Gasteiger partial charge in [0.1, 0.15) is 12.6 Å². The zero-order chi connectivity index (χ0) is 19.9. The maximum atomic E-state index is 12.4. The summed E-state index contributed by atoms with van der Waals surface area (Å²) >= 11 is 6.12. The Bertz CT molecular complexity index is 961. The van der Waals surface area contributed by atoms with Crippen molar-refractivity contribution in [2.24, 2.45) is 0 Å². The smallest absolute Gasteiger partial charge is 0.328 e. The summed E-state index contributed by atoms with van der Waals surface area (Å²) in [6.45, 7) is -0.195. The van der Waals surface area contributed by atoms with E-state index in [1.54, 1.807) is 24.3 Å². The minimum atomic E-state index is -0.813. The molecule has 0 spiro atoms. The zero-order valence-corrected chi connectivity index (χ0v) is 15.8. The van der Waals surface area contributed by atoms with Gasteiger partial charge in [-0.15, -0.1) is 10.2 Å². The van der Waals surface area contributed by atoms with Gasteiger partial charge in [-0.05, 0) is 22.9 Å². The van der Waals surface area contributed by atoms with Crippen LogP contribution < -0.4 is 5.32 Å². The molecule has 0 aliphatic rings. The van der Waals surface area contributed by atoms with E-state index < -0.39 is 17.9 Å². The molecule has 1 aromatic heterocycles. The molecule has 0 bridgehead atoms. The van der Waals surface area contributed by atoms with Gasteiger partial charge in [-0.3, -0.25) is 4.79 Å². The van der Waals surface area contributed by atoms with Crippen LogP contribution in [0, 0.1) is 0 Å². The molecule has 0 aliphatic carbocycles. The average molecular weight is 400 g/mol. The Hall–Kier alpha value is -3.26. The maximum absolute atomic E-state index is 12.4. The molecular weight excluding hydrogens is 382 g/mol. The second-order valence-corrected chi connectivity index (χ2v) is 6.36. The van der Waals surface area contributed by atoms with Gasteiger partial charge >= 0.3 is 5.97 Å². The number of ether oxygens (including phenoxy) is 1. The fourth-order valence-corrected chi connectivity index (χ4v) is 2.83. The standard InChI is InChI=1S/C19H18ClN5O3/c1-28-19(27)16(11-13-7-3-2-4-8-13)21-17(26)12-25-23-18(22-24-25)14-9-5-6-10-15(14)20/h2-10,16H,11-12H2,1H3,(H,21,26)/t16-/m0/s1. The van der Waals surface area contributed by atoms with Crippen LogP contribution in [0.15, 0.2) is 54.6 Å². The fourth-order valence-electron chi connectivity index (χ4n) is 2.61. The number of halogens is 1. The number of carbonyl (C=O) groups is 2. The van der Waals surface area contributed by atoms with Gasteiger partial charge in [0, 0.05) is 12.0 Å². The van der Waals surface area contributed by atoms with Crippen molar-refractivity contribution >= 4 is 23.5 Å². The van der Waals surface area contributed by atoms with Gasteiger partial charge in [0.2, 0.25) is 11.7 Å². The molecule has 1 heterocycles. The Morgan fingerprint density at radius 3 is 2.57 bits per heavy atom. The van der Waals surface area contributed by atoms with Gasteiger partial charge in [0.05, 0.1) is 12.1 Å². The van der Waals surface area contributed by atoms with Crippen LogP contribution in [0.3, 0.4) is 0 Å². The molecule has 0 fully saturated rings. The van der Waals surface area contributed by atoms with E-state index in [2.05, 4.69) is 20.7 Å². The van der Waals surface area contributed by atoms with Crippen LogP contribution in [0.2, 0.25) is 5.02 Å². The molecule has 3 aromatic rings. The summed E-state index contributed by atoms with van der Waals surface area (Å²) in [7, 11) is 1.28. The van der Waals surface area contributed by atoms with E-state index in [0.29, 0.717) is 22.8 Å². The third kappa shape index (κ3) is 4.92. The molecule has 0 saturated carbocycles. The first-order valence-corrected chi connectivity index (χ1v) is 8.88. The molecule has 3 rings (SSSR count). The van der Waals surface area contributed by atoms with E-state index in [9.17, 15) is 9.59 Å². The summed E-state index contributed by atoms with van der Waals surface area (Å²) in [5.74, 6) is -0.651. The van der Waals surface area contributed by atoms with Gasteiger partial charge in [-0.1, -0.05) is 54.1 Å². The van der Waals surface area contributed by atoms with Crippen molar-refractivity contribution in [3.63, 3.8) is 0 Å². The van der Waals surface area contributed by atoms with Crippen molar-refractivity contribution in [3.8, 4) is 11.4 Å². The second kappa shape index (κ2) is 9.09. The number of tetrazole rings is 1. The Balaban J connectivity index is 1.66. The van der Waals surface area contributed by atoms with Gasteiger partial charge in [-0.2, -0.15) is 4.80 Å². The summed E-state index contributed by atoms with van der Waals surface area (Å²) in [6.07, 6.45) is 0.314. The molecule has 1 amide bonds. The number of rotatable bonds is 7. The van der Waals surface area contributed by atoms with E-state index in [4.69, 9.17) is 16.3 Å². The number of esters is 1. The number of methoxy groups -OCH3 is 1. The molecule has 0 saturated heterocycles. The molecule has 1 N–H and O–H groups in total. The number of hydrogen-bond donors (Lipinski definition) is 1. The number of benzene rings is 2. The van der Waals surface area contributed by atoms with Crippen molar-refractivity contribution in [2.75, 3.05) is 7.11 Å². The highest BCUT2D eigenvalue weighted by atomic mass is 35.5. The van der Waals surface area contributed by atoms with Gasteiger partial charge in [0.25, 0.3) is 0 Å². The zero-order valence-electron chi connectivity index (χ0n) is 15.1. The lowest BCUT2D eigenvalue weighted by Gasteiger charge is -2.16. The monoisotopic (exact) mass is 399 g/mol. The van der Waals surface area contributed by atoms with Crippen LogP contribution in [0.5, 0.6) is 0 Å². The molecule has 2 aromatic carbocycles. The number of hydrogen-bond acceptors (Lipinski definition) is 6. The third-order valence-electron chi connectivity index (χ3n) is 3.96. The van der Waals surface area contributed by atoms with Crippen molar-refractivity contribution in [1.82, 2.24) is 25.5 Å². The van der Waals surface area contributed by atoms with Crippen molar-refractivity contribution in [1.29, 1.82) is 0 Å². The fraction of sp³-hybridized carbons (Fsp3) is 0.211. The summed E-state index contributed by atoms with van der Waals surface area (Å²) < 4.78 is 4.79. The van der Waals surface area contributed by atoms with Crippen LogP contribution in [0.1, 0.15) is 5.56 Å². The van der Waals surface area contributed by atoms with Crippen molar-refractivity contribution in [3.05, 3.63) is 65.2 Å². The molecule has 0 aliphatic heterocycles. The molecule has 144 valence electrons. The predicted octanol–water partition coefficient (Wildman–Crippen LogP) is 1.89. The predicted molar refractivity (Wildman–Crippen MR) is 102 cm³/mol. The van der Waals surface area contributed by atoms with E-state index in [1.807, 2.05) is 30.3 Å². The first-order chi connectivity index (χ1) is 13.6. The van der Waals surface area contributed by atoms with Gasteiger partial charge in [-0.25, -0.2) is 4.79 Å². The van der Waals surface area contributed by atoms with Crippen LogP contribution in [0.4, 0.5) is 0 Å². The van der Waals surface area contributed by atoms with E-state index in [1.165, 1.54) is 7.11 Å². The minimum Gasteiger partial charge on any atom is -0.467 e. The SMILES string of the molecule is COC(=O)[C@H](Cc1ccccc1)NC(=O)Cn1nnc(-c2ccccc2Cl)n1. The van der Waals surface area contributed by atoms with E-state index >= 15 is 0 Å². The van der Waals surface area contributed by atoms with Gasteiger partial charge in [0.15, 0.2) is 0 Å². The lowest BCUT2D eigenvalue weighted by atomic mass is 10.1. The average Bonchev–Trinajstić information content (AvgIpc) is 3.16. The maximum Gasteiger partial charge on any atom is 0.328 e. The molecule has 28 heavy (non-hydrogen) atoms. The molecule has 8 nitrogen and oxygen atoms in total. The number of nitrogens with one attached hydrogen (secondary N) is 1. The third-order valence-corrected chi connectivity index (χ3v) is 4.29. The molecule has 0 radical (unpaired) electrons. The molecule has 0 unspecified atom stereocenters. The molecule has 1 atom stereocenters. The van der Waals surface area contributed by atoms with Crippen molar-refractivity contribution in [2.45, 2.75) is 19.0 Å². The number of carbonyl (C=O) groups excluding carboxylic acids is 2. The largest absolute Gasteiger partial charge is 0.467 e. The second-order valence-electron chi connectivity index (χ2n) is 5.96. The summed E-state index contributed by atoms with van der Waals surface area (Å²) in [6, 6.07) is 15.6. The van der Waals surface area contributed by atoms with Crippen LogP contribution in [0.25, 0.3) is 11.4 Å². The Morgan fingerprint density at radius 2 is 1.86 bits per heavy atom.